The van der Waals surface area contributed by atoms with Crippen LogP contribution < -0.4 is 33.3 Å². The van der Waals surface area contributed by atoms with Crippen LogP contribution in [0.3, 0.4) is 0 Å². The highest BCUT2D eigenvalue weighted by Crippen LogP contribution is 2.17. The van der Waals surface area contributed by atoms with Crippen molar-refractivity contribution in [2.45, 2.75) is 12.1 Å². The van der Waals surface area contributed by atoms with Gasteiger partial charge in [-0.1, -0.05) is 5.16 Å². The molecule has 0 saturated heterocycles. The molecule has 0 fully saturated rings. The number of imidazole rings is 1. The molecule has 0 saturated carbocycles. The first kappa shape index (κ1) is 17.8. The molecule has 0 aliphatic carbocycles. The summed E-state index contributed by atoms with van der Waals surface area (Å²) in [5.41, 5.74) is 1.86. The fourth-order valence-electron chi connectivity index (χ4n) is 2.02. The van der Waals surface area contributed by atoms with Gasteiger partial charge in [0.2, 0.25) is 0 Å². The Balaban J connectivity index is 0.00000220. The van der Waals surface area contributed by atoms with E-state index < -0.39 is 0 Å². The van der Waals surface area contributed by atoms with Crippen molar-refractivity contribution in [3.05, 3.63) is 36.2 Å². The third-order valence-corrected chi connectivity index (χ3v) is 3.78. The Kier molecular flexibility index (Phi) is 7.03. The Morgan fingerprint density at radius 1 is 1.38 bits per heavy atom. The summed E-state index contributed by atoms with van der Waals surface area (Å²) in [5, 5.41) is 12.9. The van der Waals surface area contributed by atoms with E-state index in [0.717, 1.165) is 22.3 Å². The van der Waals surface area contributed by atoms with E-state index in [4.69, 9.17) is 9.94 Å². The molecule has 1 heterocycles. The zero-order valence-corrected chi connectivity index (χ0v) is 15.1. The highest BCUT2D eigenvalue weighted by Gasteiger charge is 2.20. The number of oxime groups is 1. The molecule has 0 amide bonds. The third kappa shape index (κ3) is 3.91. The molecule has 7 heteroatoms. The lowest BCUT2D eigenvalue weighted by Gasteiger charge is -2.03. The number of thioether (sulfide) groups is 1. The lowest BCUT2D eigenvalue weighted by atomic mass is 10.3. The van der Waals surface area contributed by atoms with Gasteiger partial charge < -0.3 is 33.9 Å². The van der Waals surface area contributed by atoms with Gasteiger partial charge in [-0.25, -0.2) is 4.57 Å². The largest absolute Gasteiger partial charge is 1.00 e. The Bertz CT molecular complexity index is 611. The van der Waals surface area contributed by atoms with Crippen LogP contribution in [-0.2, 0) is 7.05 Å². The molecule has 0 radical (unpaired) electrons. The highest BCUT2D eigenvalue weighted by atomic mass is 127. The second-order valence-corrected chi connectivity index (χ2v) is 4.91. The summed E-state index contributed by atoms with van der Waals surface area (Å²) in [6.07, 6.45) is 5.37. The molecule has 0 bridgehead atoms. The van der Waals surface area contributed by atoms with E-state index in [-0.39, 0.29) is 24.0 Å². The van der Waals surface area contributed by atoms with E-state index >= 15 is 0 Å². The number of hydrogen-bond donors (Lipinski definition) is 1. The molecule has 0 spiro atoms. The lowest BCUT2D eigenvalue weighted by Crippen LogP contribution is -3.00. The van der Waals surface area contributed by atoms with E-state index in [1.54, 1.807) is 11.8 Å². The van der Waals surface area contributed by atoms with Crippen molar-refractivity contribution in [3.63, 3.8) is 0 Å². The first-order valence-electron chi connectivity index (χ1n) is 6.27. The standard InChI is InChI=1S/C14H17N3O2S.HI/c1-4-19-13-7-5-11(6-8-13)17-10-12(9-15-18)16(2)14(17)20-3;/h5-10H,4H2,1-3H3;1H/b15-9+;. The molecule has 114 valence electrons. The van der Waals surface area contributed by atoms with Gasteiger partial charge in [-0.15, -0.1) is 0 Å². The summed E-state index contributed by atoms with van der Waals surface area (Å²) in [6.45, 7) is 2.62. The van der Waals surface area contributed by atoms with Crippen molar-refractivity contribution in [2.24, 2.45) is 12.2 Å². The van der Waals surface area contributed by atoms with E-state index in [9.17, 15) is 0 Å². The number of benzene rings is 1. The fourth-order valence-corrected chi connectivity index (χ4v) is 2.75. The normalized spacial score (nSPS) is 10.6. The SMILES string of the molecule is CCOc1ccc(-[n+]2cc(/C=N/O)n(C)c2SC)cc1.[I-]. The molecule has 0 atom stereocenters. The minimum Gasteiger partial charge on any atom is -1.00 e. The van der Waals surface area contributed by atoms with Crippen molar-refractivity contribution >= 4 is 18.0 Å². The Labute approximate surface area is 145 Å². The molecular weight excluding hydrogens is 401 g/mol. The minimum atomic E-state index is 0. The maximum atomic E-state index is 8.71. The van der Waals surface area contributed by atoms with Gasteiger partial charge in [0.05, 0.1) is 13.7 Å². The summed E-state index contributed by atoms with van der Waals surface area (Å²) in [7, 11) is 1.94. The number of halogens is 1. The predicted octanol–water partition coefficient (Wildman–Crippen LogP) is -0.765. The van der Waals surface area contributed by atoms with E-state index in [2.05, 4.69) is 9.72 Å². The number of hydrogen-bond acceptors (Lipinski definition) is 4. The van der Waals surface area contributed by atoms with Gasteiger partial charge in [-0.05, 0) is 49.2 Å². The van der Waals surface area contributed by atoms with Gasteiger partial charge in [0.25, 0.3) is 0 Å². The summed E-state index contributed by atoms with van der Waals surface area (Å²) in [5.74, 6) is 0.857. The second-order valence-electron chi connectivity index (χ2n) is 4.14. The molecular formula is C14H18IN3O2S. The number of rotatable bonds is 5. The third-order valence-electron chi connectivity index (χ3n) is 2.94. The fraction of sp³-hybridized carbons (Fsp3) is 0.286. The molecule has 1 aromatic heterocycles. The van der Waals surface area contributed by atoms with Crippen molar-refractivity contribution in [2.75, 3.05) is 12.9 Å². The van der Waals surface area contributed by atoms with Gasteiger partial charge in [-0.2, -0.15) is 4.57 Å². The number of aromatic nitrogens is 2. The maximum Gasteiger partial charge on any atom is 0.323 e. The quantitative estimate of drug-likeness (QED) is 0.173. The Morgan fingerprint density at radius 2 is 2.05 bits per heavy atom. The molecule has 5 nitrogen and oxygen atoms in total. The lowest BCUT2D eigenvalue weighted by molar-refractivity contribution is -0.636. The van der Waals surface area contributed by atoms with Gasteiger partial charge in [-0.3, -0.25) is 0 Å². The first-order valence-corrected chi connectivity index (χ1v) is 7.49. The van der Waals surface area contributed by atoms with Crippen LogP contribution in [-0.4, -0.2) is 28.9 Å². The van der Waals surface area contributed by atoms with Crippen LogP contribution in [0.25, 0.3) is 5.69 Å². The van der Waals surface area contributed by atoms with Crippen molar-refractivity contribution in [1.29, 1.82) is 0 Å². The molecule has 2 aromatic rings. The van der Waals surface area contributed by atoms with Gasteiger partial charge in [0.15, 0.2) is 5.69 Å². The van der Waals surface area contributed by atoms with E-state index in [1.807, 2.05) is 55.3 Å². The predicted molar refractivity (Wildman–Crippen MR) is 79.3 cm³/mol. The average molecular weight is 419 g/mol. The van der Waals surface area contributed by atoms with Crippen LogP contribution in [0.1, 0.15) is 12.6 Å². The summed E-state index contributed by atoms with van der Waals surface area (Å²) >= 11 is 1.63. The van der Waals surface area contributed by atoms with Crippen molar-refractivity contribution < 1.29 is 38.5 Å². The molecule has 0 aliphatic heterocycles. The van der Waals surface area contributed by atoms with Crippen molar-refractivity contribution in [1.82, 2.24) is 4.57 Å². The molecule has 1 N–H and O–H groups in total. The molecule has 1 aromatic carbocycles. The topological polar surface area (TPSA) is 50.6 Å². The van der Waals surface area contributed by atoms with Crippen LogP contribution in [0.4, 0.5) is 0 Å². The van der Waals surface area contributed by atoms with Gasteiger partial charge in [0, 0.05) is 0 Å². The smallest absolute Gasteiger partial charge is 0.323 e. The number of nitrogens with zero attached hydrogens (tertiary/aromatic N) is 3. The van der Waals surface area contributed by atoms with Gasteiger partial charge >= 0.3 is 5.16 Å². The molecule has 0 aliphatic rings. The molecule has 21 heavy (non-hydrogen) atoms. The first-order chi connectivity index (χ1) is 9.71. The zero-order valence-electron chi connectivity index (χ0n) is 12.2. The van der Waals surface area contributed by atoms with E-state index in [1.165, 1.54) is 6.21 Å². The minimum absolute atomic E-state index is 0. The molecule has 0 unspecified atom stereocenters. The zero-order chi connectivity index (χ0) is 14.5. The molecule has 2 rings (SSSR count). The van der Waals surface area contributed by atoms with Crippen LogP contribution in [0.5, 0.6) is 5.75 Å². The second kappa shape index (κ2) is 8.28. The van der Waals surface area contributed by atoms with E-state index in [0.29, 0.717) is 6.61 Å². The van der Waals surface area contributed by atoms with Crippen LogP contribution in [0, 0.1) is 0 Å². The Hall–Kier alpha value is -1.22. The summed E-state index contributed by atoms with van der Waals surface area (Å²) < 4.78 is 9.47. The maximum absolute atomic E-state index is 8.71. The van der Waals surface area contributed by atoms with Crippen LogP contribution in [0.15, 0.2) is 40.8 Å². The highest BCUT2D eigenvalue weighted by molar-refractivity contribution is 7.98. The summed E-state index contributed by atoms with van der Waals surface area (Å²) in [4.78, 5) is 0. The van der Waals surface area contributed by atoms with Crippen LogP contribution >= 0.6 is 11.8 Å². The monoisotopic (exact) mass is 419 g/mol. The Morgan fingerprint density at radius 3 is 2.57 bits per heavy atom. The summed E-state index contributed by atoms with van der Waals surface area (Å²) in [6, 6.07) is 7.90. The average Bonchev–Trinajstić information content (AvgIpc) is 2.77. The van der Waals surface area contributed by atoms with Crippen molar-refractivity contribution in [3.8, 4) is 11.4 Å². The number of ether oxygens (including phenoxy) is 1. The van der Waals surface area contributed by atoms with Crippen LogP contribution in [0.2, 0.25) is 0 Å². The van der Waals surface area contributed by atoms with Gasteiger partial charge in [0.1, 0.15) is 23.8 Å².